The largest absolute Gasteiger partial charge is 0.337 e. The maximum absolute atomic E-state index is 11.5. The number of fused-ring (bicyclic) bond motifs is 2. The van der Waals surface area contributed by atoms with E-state index in [4.69, 9.17) is 11.6 Å². The van der Waals surface area contributed by atoms with Crippen molar-refractivity contribution in [1.29, 1.82) is 0 Å². The summed E-state index contributed by atoms with van der Waals surface area (Å²) in [6.07, 6.45) is 0. The molecule has 2 amide bonds. The Morgan fingerprint density at radius 3 is 2.15 bits per heavy atom. The first kappa shape index (κ1) is 20.0. The van der Waals surface area contributed by atoms with E-state index >= 15 is 0 Å². The lowest BCUT2D eigenvalue weighted by molar-refractivity contribution is 0.0809. The molecule has 0 N–H and O–H groups in total. The first-order valence-corrected chi connectivity index (χ1v) is 9.14. The van der Waals surface area contributed by atoms with E-state index in [1.165, 1.54) is 0 Å². The molecule has 4 nitrogen and oxygen atoms in total. The number of carbonyl (C=O) groups excluding carboxylic acids is 2. The Morgan fingerprint density at radius 1 is 0.885 bits per heavy atom. The molecule has 2 aromatic rings. The SMILES string of the molecule is CC.CN1Cc2c(Cl)cccc2C1=O.Cc1ccc2c(c1)C(=O)N(C)C2. The van der Waals surface area contributed by atoms with Gasteiger partial charge < -0.3 is 9.80 Å². The molecule has 0 radical (unpaired) electrons. The fourth-order valence-electron chi connectivity index (χ4n) is 2.99. The summed E-state index contributed by atoms with van der Waals surface area (Å²) in [5.74, 6) is 0.209. The van der Waals surface area contributed by atoms with Crippen LogP contribution in [0.1, 0.15) is 51.3 Å². The highest BCUT2D eigenvalue weighted by atomic mass is 35.5. The van der Waals surface area contributed by atoms with Crippen molar-refractivity contribution in [3.8, 4) is 0 Å². The molecule has 5 heteroatoms. The Balaban J connectivity index is 0.000000171. The third-order valence-corrected chi connectivity index (χ3v) is 4.70. The van der Waals surface area contributed by atoms with Crippen LogP contribution in [0.2, 0.25) is 5.02 Å². The second-order valence-corrected chi connectivity index (χ2v) is 6.66. The third kappa shape index (κ3) is 3.91. The van der Waals surface area contributed by atoms with Gasteiger partial charge >= 0.3 is 0 Å². The molecule has 0 saturated carbocycles. The van der Waals surface area contributed by atoms with Crippen molar-refractivity contribution < 1.29 is 9.59 Å². The molecule has 2 aromatic carbocycles. The highest BCUT2D eigenvalue weighted by Crippen LogP contribution is 2.27. The predicted octanol–water partition coefficient (Wildman–Crippen LogP) is 4.53. The van der Waals surface area contributed by atoms with Crippen molar-refractivity contribution in [2.75, 3.05) is 14.1 Å². The van der Waals surface area contributed by atoms with Crippen LogP contribution < -0.4 is 0 Å². The van der Waals surface area contributed by atoms with Crippen LogP contribution in [-0.4, -0.2) is 35.7 Å². The van der Waals surface area contributed by atoms with Crippen molar-refractivity contribution in [3.05, 3.63) is 69.2 Å². The van der Waals surface area contributed by atoms with Crippen LogP contribution in [0.5, 0.6) is 0 Å². The minimum atomic E-state index is 0.0625. The standard InChI is InChI=1S/C10H11NO.C9H8ClNO.C2H6/c1-7-3-4-8-6-11(2)10(12)9(8)5-7;1-11-5-7-6(9(11)12)3-2-4-8(7)10;1-2/h3-5H,6H2,1-2H3;2-4H,5H2,1H3;1-2H3. The number of carbonyl (C=O) groups is 2. The highest BCUT2D eigenvalue weighted by molar-refractivity contribution is 6.32. The molecule has 138 valence electrons. The highest BCUT2D eigenvalue weighted by Gasteiger charge is 2.25. The fourth-order valence-corrected chi connectivity index (χ4v) is 3.23. The maximum Gasteiger partial charge on any atom is 0.254 e. The van der Waals surface area contributed by atoms with Crippen molar-refractivity contribution in [2.45, 2.75) is 33.9 Å². The van der Waals surface area contributed by atoms with Crippen LogP contribution in [0.25, 0.3) is 0 Å². The Hall–Kier alpha value is -2.33. The molecule has 26 heavy (non-hydrogen) atoms. The molecule has 0 aliphatic carbocycles. The third-order valence-electron chi connectivity index (χ3n) is 4.34. The molecular weight excluding hydrogens is 348 g/mol. The van der Waals surface area contributed by atoms with Gasteiger partial charge in [0.15, 0.2) is 0 Å². The normalized spacial score (nSPS) is 14.2. The van der Waals surface area contributed by atoms with Crippen LogP contribution in [0.4, 0.5) is 0 Å². The molecule has 0 saturated heterocycles. The average Bonchev–Trinajstić information content (AvgIpc) is 3.09. The van der Waals surface area contributed by atoms with E-state index in [9.17, 15) is 9.59 Å². The minimum absolute atomic E-state index is 0.0625. The maximum atomic E-state index is 11.5. The first-order chi connectivity index (χ1) is 12.4. The number of amides is 2. The summed E-state index contributed by atoms with van der Waals surface area (Å²) in [5, 5.41) is 0.685. The van der Waals surface area contributed by atoms with E-state index < -0.39 is 0 Å². The summed E-state index contributed by atoms with van der Waals surface area (Å²) < 4.78 is 0. The van der Waals surface area contributed by atoms with Gasteiger partial charge in [0.25, 0.3) is 11.8 Å². The quantitative estimate of drug-likeness (QED) is 0.681. The molecule has 2 aliphatic heterocycles. The van der Waals surface area contributed by atoms with Crippen molar-refractivity contribution >= 4 is 23.4 Å². The van der Waals surface area contributed by atoms with Gasteiger partial charge in [0.1, 0.15) is 0 Å². The smallest absolute Gasteiger partial charge is 0.254 e. The van der Waals surface area contributed by atoms with Gasteiger partial charge in [-0.15, -0.1) is 0 Å². The molecule has 0 fully saturated rings. The van der Waals surface area contributed by atoms with Crippen molar-refractivity contribution in [2.24, 2.45) is 0 Å². The van der Waals surface area contributed by atoms with Crippen LogP contribution in [0.15, 0.2) is 36.4 Å². The van der Waals surface area contributed by atoms with E-state index in [1.54, 1.807) is 22.9 Å². The Morgan fingerprint density at radius 2 is 1.50 bits per heavy atom. The van der Waals surface area contributed by atoms with Crippen LogP contribution in [0.3, 0.4) is 0 Å². The lowest BCUT2D eigenvalue weighted by atomic mass is 10.1. The van der Waals surface area contributed by atoms with Gasteiger partial charge in [0, 0.05) is 48.9 Å². The number of rotatable bonds is 0. The summed E-state index contributed by atoms with van der Waals surface area (Å²) in [6, 6.07) is 11.5. The van der Waals surface area contributed by atoms with Crippen LogP contribution >= 0.6 is 11.6 Å². The van der Waals surface area contributed by atoms with Crippen molar-refractivity contribution in [1.82, 2.24) is 9.80 Å². The summed E-state index contributed by atoms with van der Waals surface area (Å²) in [7, 11) is 3.61. The van der Waals surface area contributed by atoms with Gasteiger partial charge in [0.2, 0.25) is 0 Å². The molecule has 0 bridgehead atoms. The van der Waals surface area contributed by atoms with E-state index in [0.29, 0.717) is 11.6 Å². The van der Waals surface area contributed by atoms with Gasteiger partial charge in [-0.2, -0.15) is 0 Å². The van der Waals surface area contributed by atoms with E-state index in [0.717, 1.165) is 34.4 Å². The number of hydrogen-bond donors (Lipinski definition) is 0. The summed E-state index contributed by atoms with van der Waals surface area (Å²) in [4.78, 5) is 26.3. The Labute approximate surface area is 160 Å². The van der Waals surface area contributed by atoms with Gasteiger partial charge in [-0.05, 0) is 30.7 Å². The number of halogens is 1. The summed E-state index contributed by atoms with van der Waals surface area (Å²) >= 11 is 5.92. The monoisotopic (exact) mass is 372 g/mol. The zero-order valence-electron chi connectivity index (χ0n) is 16.0. The predicted molar refractivity (Wildman–Crippen MR) is 106 cm³/mol. The minimum Gasteiger partial charge on any atom is -0.337 e. The molecular formula is C21H25ClN2O2. The number of nitrogens with zero attached hydrogens (tertiary/aromatic N) is 2. The van der Waals surface area contributed by atoms with E-state index in [1.807, 2.05) is 58.2 Å². The molecule has 0 aromatic heterocycles. The molecule has 2 aliphatic rings. The molecule has 0 unspecified atom stereocenters. The van der Waals surface area contributed by atoms with E-state index in [2.05, 4.69) is 0 Å². The Bertz CT molecular complexity index is 827. The van der Waals surface area contributed by atoms with Crippen LogP contribution in [-0.2, 0) is 13.1 Å². The van der Waals surface area contributed by atoms with E-state index in [-0.39, 0.29) is 11.8 Å². The molecule has 0 spiro atoms. The topological polar surface area (TPSA) is 40.6 Å². The summed E-state index contributed by atoms with van der Waals surface area (Å²) in [5.41, 5.74) is 4.86. The second kappa shape index (κ2) is 8.37. The number of aryl methyl sites for hydroxylation is 1. The molecule has 4 rings (SSSR count). The van der Waals surface area contributed by atoms with Gasteiger partial charge in [-0.3, -0.25) is 9.59 Å². The number of hydrogen-bond acceptors (Lipinski definition) is 2. The van der Waals surface area contributed by atoms with Gasteiger partial charge in [-0.25, -0.2) is 0 Å². The lowest BCUT2D eigenvalue weighted by Crippen LogP contribution is -2.17. The number of benzene rings is 2. The summed E-state index contributed by atoms with van der Waals surface area (Å²) in [6.45, 7) is 7.40. The molecule has 2 heterocycles. The molecule has 0 atom stereocenters. The first-order valence-electron chi connectivity index (χ1n) is 8.76. The zero-order chi connectivity index (χ0) is 19.4. The van der Waals surface area contributed by atoms with Crippen molar-refractivity contribution in [3.63, 3.8) is 0 Å². The average molecular weight is 373 g/mol. The van der Waals surface area contributed by atoms with Gasteiger partial charge in [-0.1, -0.05) is 49.2 Å². The van der Waals surface area contributed by atoms with Crippen LogP contribution in [0, 0.1) is 6.92 Å². The second-order valence-electron chi connectivity index (χ2n) is 6.25. The Kier molecular flexibility index (Phi) is 6.43. The fraction of sp³-hybridized carbons (Fsp3) is 0.333. The zero-order valence-corrected chi connectivity index (χ0v) is 16.7. The lowest BCUT2D eigenvalue weighted by Gasteiger charge is -2.04. The van der Waals surface area contributed by atoms with Gasteiger partial charge in [0.05, 0.1) is 0 Å².